The SMILES string of the molecule is COC(OC)c1cc(=O)[nH]c(=S)n1Cl. The van der Waals surface area contributed by atoms with Crippen LogP contribution < -0.4 is 5.56 Å². The zero-order valence-electron chi connectivity index (χ0n) is 7.61. The smallest absolute Gasteiger partial charge is 0.252 e. The minimum absolute atomic E-state index is 0.105. The third-order valence-corrected chi connectivity index (χ3v) is 2.33. The number of aromatic amines is 1. The van der Waals surface area contributed by atoms with Gasteiger partial charge >= 0.3 is 0 Å². The summed E-state index contributed by atoms with van der Waals surface area (Å²) < 4.78 is 11.1. The van der Waals surface area contributed by atoms with Crippen molar-refractivity contribution >= 4 is 24.0 Å². The van der Waals surface area contributed by atoms with E-state index in [-0.39, 0.29) is 10.3 Å². The quantitative estimate of drug-likeness (QED) is 0.633. The highest BCUT2D eigenvalue weighted by molar-refractivity contribution is 7.71. The maximum atomic E-state index is 11.1. The molecule has 0 aliphatic heterocycles. The van der Waals surface area contributed by atoms with Crippen molar-refractivity contribution in [2.45, 2.75) is 6.29 Å². The predicted octanol–water partition coefficient (Wildman–Crippen LogP) is 1.20. The average molecular weight is 237 g/mol. The van der Waals surface area contributed by atoms with Crippen LogP contribution in [-0.4, -0.2) is 23.3 Å². The van der Waals surface area contributed by atoms with Gasteiger partial charge in [-0.2, -0.15) is 0 Å². The van der Waals surface area contributed by atoms with E-state index in [4.69, 9.17) is 33.5 Å². The van der Waals surface area contributed by atoms with E-state index in [9.17, 15) is 4.79 Å². The minimum atomic E-state index is -0.712. The number of methoxy groups -OCH3 is 2. The van der Waals surface area contributed by atoms with Crippen LogP contribution in [0.3, 0.4) is 0 Å². The molecule has 0 saturated carbocycles. The first-order valence-corrected chi connectivity index (χ1v) is 4.42. The number of rotatable bonds is 3. The van der Waals surface area contributed by atoms with E-state index in [1.54, 1.807) is 0 Å². The second-order valence-electron chi connectivity index (χ2n) is 2.45. The molecular formula is C7H9ClN2O3S. The standard InChI is InChI=1S/C7H9ClN2O3S/c1-12-6(13-2)4-3-5(11)9-7(14)10(4)8/h3,6H,1-2H3,(H,9,11,14). The lowest BCUT2D eigenvalue weighted by Gasteiger charge is -2.14. The molecule has 78 valence electrons. The van der Waals surface area contributed by atoms with E-state index in [1.807, 2.05) is 0 Å². The Hall–Kier alpha value is -0.690. The number of ether oxygens (including phenoxy) is 2. The monoisotopic (exact) mass is 236 g/mol. The van der Waals surface area contributed by atoms with E-state index in [2.05, 4.69) is 4.98 Å². The number of nitrogens with zero attached hydrogens (tertiary/aromatic N) is 1. The number of aromatic nitrogens is 2. The summed E-state index contributed by atoms with van der Waals surface area (Å²) in [5.74, 6) is 0. The summed E-state index contributed by atoms with van der Waals surface area (Å²) in [7, 11) is 2.88. The molecular weight excluding hydrogens is 228 g/mol. The van der Waals surface area contributed by atoms with E-state index in [1.165, 1.54) is 20.3 Å². The van der Waals surface area contributed by atoms with Gasteiger partial charge in [-0.05, 0) is 12.2 Å². The molecule has 1 heterocycles. The van der Waals surface area contributed by atoms with Crippen LogP contribution >= 0.6 is 24.0 Å². The van der Waals surface area contributed by atoms with Gasteiger partial charge < -0.3 is 9.47 Å². The van der Waals surface area contributed by atoms with Crippen molar-refractivity contribution in [1.29, 1.82) is 0 Å². The van der Waals surface area contributed by atoms with Gasteiger partial charge in [0.15, 0.2) is 11.1 Å². The maximum Gasteiger partial charge on any atom is 0.252 e. The third-order valence-electron chi connectivity index (χ3n) is 1.58. The molecule has 0 aliphatic carbocycles. The molecule has 0 spiro atoms. The molecule has 0 aliphatic rings. The highest BCUT2D eigenvalue weighted by Gasteiger charge is 2.14. The molecule has 5 nitrogen and oxygen atoms in total. The summed E-state index contributed by atoms with van der Waals surface area (Å²) in [5.41, 5.74) is 0.00594. The van der Waals surface area contributed by atoms with E-state index in [0.29, 0.717) is 5.69 Å². The Morgan fingerprint density at radius 2 is 2.14 bits per heavy atom. The molecule has 0 aromatic carbocycles. The van der Waals surface area contributed by atoms with Gasteiger partial charge in [0, 0.05) is 32.1 Å². The maximum absolute atomic E-state index is 11.1. The van der Waals surface area contributed by atoms with E-state index in [0.717, 1.165) is 4.09 Å². The first-order valence-electron chi connectivity index (χ1n) is 3.68. The number of hydrogen-bond acceptors (Lipinski definition) is 4. The fourth-order valence-corrected chi connectivity index (χ4v) is 1.37. The van der Waals surface area contributed by atoms with Crippen molar-refractivity contribution in [1.82, 2.24) is 9.07 Å². The Morgan fingerprint density at radius 3 is 2.64 bits per heavy atom. The summed E-state index contributed by atoms with van der Waals surface area (Å²) in [6, 6.07) is 1.26. The van der Waals surface area contributed by atoms with Crippen molar-refractivity contribution in [2.24, 2.45) is 0 Å². The Labute approximate surface area is 90.3 Å². The Bertz CT molecular complexity index is 424. The van der Waals surface area contributed by atoms with Gasteiger partial charge in [0.05, 0.1) is 5.69 Å². The van der Waals surface area contributed by atoms with Crippen molar-refractivity contribution in [3.8, 4) is 0 Å². The highest BCUT2D eigenvalue weighted by atomic mass is 35.5. The molecule has 0 radical (unpaired) electrons. The summed E-state index contributed by atoms with van der Waals surface area (Å²) in [5, 5.41) is 0. The molecule has 1 N–H and O–H groups in total. The van der Waals surface area contributed by atoms with Crippen LogP contribution in [0.1, 0.15) is 12.0 Å². The van der Waals surface area contributed by atoms with E-state index < -0.39 is 6.29 Å². The largest absolute Gasteiger partial charge is 0.350 e. The summed E-state index contributed by atoms with van der Waals surface area (Å²) in [4.78, 5) is 13.5. The van der Waals surface area contributed by atoms with Gasteiger partial charge in [0.25, 0.3) is 5.56 Å². The van der Waals surface area contributed by atoms with Gasteiger partial charge in [-0.1, -0.05) is 0 Å². The molecule has 0 amide bonds. The number of nitrogens with one attached hydrogen (secondary N) is 1. The molecule has 0 fully saturated rings. The molecule has 0 atom stereocenters. The topological polar surface area (TPSA) is 56.2 Å². The van der Waals surface area contributed by atoms with E-state index >= 15 is 0 Å². The zero-order chi connectivity index (χ0) is 10.7. The third kappa shape index (κ3) is 2.21. The molecule has 1 aromatic rings. The summed E-state index contributed by atoms with van der Waals surface area (Å²) in [6.45, 7) is 0. The van der Waals surface area contributed by atoms with Crippen LogP contribution in [0.15, 0.2) is 10.9 Å². The minimum Gasteiger partial charge on any atom is -0.350 e. The second kappa shape index (κ2) is 4.70. The average Bonchev–Trinajstić information content (AvgIpc) is 2.15. The van der Waals surface area contributed by atoms with Crippen LogP contribution in [0.2, 0.25) is 0 Å². The van der Waals surface area contributed by atoms with Gasteiger partial charge in [-0.25, -0.2) is 4.09 Å². The Balaban J connectivity index is 3.33. The lowest BCUT2D eigenvalue weighted by atomic mass is 10.4. The second-order valence-corrected chi connectivity index (χ2v) is 3.17. The lowest BCUT2D eigenvalue weighted by molar-refractivity contribution is -0.109. The molecule has 0 bridgehead atoms. The van der Waals surface area contributed by atoms with Gasteiger partial charge in [0.1, 0.15) is 0 Å². The number of hydrogen-bond donors (Lipinski definition) is 1. The first-order chi connectivity index (χ1) is 6.60. The van der Waals surface area contributed by atoms with Crippen LogP contribution in [0.4, 0.5) is 0 Å². The fraction of sp³-hybridized carbons (Fsp3) is 0.429. The normalized spacial score (nSPS) is 10.9. The molecule has 7 heteroatoms. The first kappa shape index (κ1) is 11.4. The molecule has 1 aromatic heterocycles. The van der Waals surface area contributed by atoms with Crippen molar-refractivity contribution in [2.75, 3.05) is 14.2 Å². The van der Waals surface area contributed by atoms with Gasteiger partial charge in [0.2, 0.25) is 0 Å². The zero-order valence-corrected chi connectivity index (χ0v) is 9.19. The van der Waals surface area contributed by atoms with Gasteiger partial charge in [-0.15, -0.1) is 0 Å². The summed E-state index contributed by atoms with van der Waals surface area (Å²) in [6.07, 6.45) is -0.712. The molecule has 14 heavy (non-hydrogen) atoms. The Kier molecular flexibility index (Phi) is 3.82. The van der Waals surface area contributed by atoms with Crippen molar-refractivity contribution in [3.05, 3.63) is 26.9 Å². The van der Waals surface area contributed by atoms with Crippen LogP contribution in [0, 0.1) is 4.77 Å². The van der Waals surface area contributed by atoms with Crippen molar-refractivity contribution < 1.29 is 9.47 Å². The highest BCUT2D eigenvalue weighted by Crippen LogP contribution is 2.16. The number of H-pyrrole nitrogens is 1. The van der Waals surface area contributed by atoms with Crippen LogP contribution in [0.5, 0.6) is 0 Å². The molecule has 1 rings (SSSR count). The molecule has 0 unspecified atom stereocenters. The predicted molar refractivity (Wildman–Crippen MR) is 53.9 cm³/mol. The Morgan fingerprint density at radius 1 is 1.57 bits per heavy atom. The lowest BCUT2D eigenvalue weighted by Crippen LogP contribution is -2.17. The van der Waals surface area contributed by atoms with Gasteiger partial charge in [-0.3, -0.25) is 9.78 Å². The molecule has 0 saturated heterocycles. The fourth-order valence-electron chi connectivity index (χ4n) is 0.997. The van der Waals surface area contributed by atoms with Crippen LogP contribution in [0.25, 0.3) is 0 Å². The summed E-state index contributed by atoms with van der Waals surface area (Å²) >= 11 is 10.6. The van der Waals surface area contributed by atoms with Crippen LogP contribution in [-0.2, 0) is 9.47 Å². The number of halogens is 1. The van der Waals surface area contributed by atoms with Crippen molar-refractivity contribution in [3.63, 3.8) is 0 Å².